The number of nitrogens with zero attached hydrogens (tertiary/aromatic N) is 1. The van der Waals surface area contributed by atoms with Crippen LogP contribution in [-0.2, 0) is 14.3 Å². The summed E-state index contributed by atoms with van der Waals surface area (Å²) in [5.41, 5.74) is 6.55. The van der Waals surface area contributed by atoms with Crippen LogP contribution in [0.4, 0.5) is 0 Å². The molecule has 7 heteroatoms. The molecule has 0 saturated carbocycles. The van der Waals surface area contributed by atoms with E-state index in [1.54, 1.807) is 38.4 Å². The molecule has 0 spiro atoms. The fourth-order valence-corrected chi connectivity index (χ4v) is 1.81. The normalized spacial score (nSPS) is 13.1. The second kappa shape index (κ2) is 5.47. The number of carbonyl (C=O) groups excluding carboxylic acids is 1. The van der Waals surface area contributed by atoms with Gasteiger partial charge in [0.15, 0.2) is 6.23 Å². The first-order valence-corrected chi connectivity index (χ1v) is 6.98. The van der Waals surface area contributed by atoms with E-state index in [1.807, 2.05) is 0 Å². The van der Waals surface area contributed by atoms with Crippen molar-refractivity contribution in [2.75, 3.05) is 20.4 Å². The van der Waals surface area contributed by atoms with Gasteiger partial charge < -0.3 is 10.6 Å². The van der Waals surface area contributed by atoms with Gasteiger partial charge in [-0.3, -0.25) is 4.79 Å². The Morgan fingerprint density at radius 1 is 1.28 bits per heavy atom. The van der Waals surface area contributed by atoms with Gasteiger partial charge in [0.25, 0.3) is 16.0 Å². The summed E-state index contributed by atoms with van der Waals surface area (Å²) in [6, 6.07) is 6.27. The zero-order chi connectivity index (χ0) is 13.9. The summed E-state index contributed by atoms with van der Waals surface area (Å²) in [6.07, 6.45) is -0.139. The molecule has 0 radical (unpaired) electrons. The number of carbonyl (C=O) groups is 1. The standard InChI is InChI=1S/C11H16N2O4S/c1-13(2)11(14)9-6-4-8(5-7-9)10(12)17-18(3,15)16/h4-7,10H,12H2,1-3H3. The summed E-state index contributed by atoms with van der Waals surface area (Å²) in [4.78, 5) is 13.1. The lowest BCUT2D eigenvalue weighted by molar-refractivity contribution is 0.0827. The number of benzene rings is 1. The highest BCUT2D eigenvalue weighted by Crippen LogP contribution is 2.15. The molecule has 0 aliphatic carbocycles. The van der Waals surface area contributed by atoms with Crippen molar-refractivity contribution < 1.29 is 17.4 Å². The molecule has 1 amide bonds. The summed E-state index contributed by atoms with van der Waals surface area (Å²) in [7, 11) is -0.316. The van der Waals surface area contributed by atoms with Gasteiger partial charge >= 0.3 is 0 Å². The van der Waals surface area contributed by atoms with Crippen molar-refractivity contribution in [3.8, 4) is 0 Å². The summed E-state index contributed by atoms with van der Waals surface area (Å²) in [6.45, 7) is 0. The second-order valence-electron chi connectivity index (χ2n) is 4.04. The van der Waals surface area contributed by atoms with E-state index in [1.165, 1.54) is 4.90 Å². The van der Waals surface area contributed by atoms with Crippen molar-refractivity contribution in [1.29, 1.82) is 0 Å². The van der Waals surface area contributed by atoms with Crippen LogP contribution in [0.5, 0.6) is 0 Å². The van der Waals surface area contributed by atoms with E-state index in [-0.39, 0.29) is 5.91 Å². The summed E-state index contributed by atoms with van der Waals surface area (Å²) < 4.78 is 26.5. The van der Waals surface area contributed by atoms with Gasteiger partial charge in [-0.2, -0.15) is 8.42 Å². The van der Waals surface area contributed by atoms with Crippen LogP contribution in [0.25, 0.3) is 0 Å². The van der Waals surface area contributed by atoms with Crippen molar-refractivity contribution in [3.05, 3.63) is 35.4 Å². The van der Waals surface area contributed by atoms with Gasteiger partial charge in [0.2, 0.25) is 0 Å². The fourth-order valence-electron chi connectivity index (χ4n) is 1.32. The van der Waals surface area contributed by atoms with Gasteiger partial charge in [-0.15, -0.1) is 0 Å². The van der Waals surface area contributed by atoms with E-state index in [4.69, 9.17) is 5.73 Å². The second-order valence-corrected chi connectivity index (χ2v) is 5.64. The Morgan fingerprint density at radius 3 is 2.17 bits per heavy atom. The molecule has 2 N–H and O–H groups in total. The molecular weight excluding hydrogens is 256 g/mol. The first-order valence-electron chi connectivity index (χ1n) is 5.16. The third kappa shape index (κ3) is 4.10. The number of nitrogens with two attached hydrogens (primary N) is 1. The van der Waals surface area contributed by atoms with Crippen LogP contribution in [-0.4, -0.2) is 39.6 Å². The third-order valence-electron chi connectivity index (χ3n) is 2.17. The molecule has 1 aromatic carbocycles. The predicted molar refractivity (Wildman–Crippen MR) is 67.3 cm³/mol. The SMILES string of the molecule is CN(C)C(=O)c1ccc(C(N)OS(C)(=O)=O)cc1. The van der Waals surface area contributed by atoms with Crippen LogP contribution >= 0.6 is 0 Å². The van der Waals surface area contributed by atoms with E-state index >= 15 is 0 Å². The molecule has 0 aliphatic rings. The molecule has 0 aliphatic heterocycles. The Morgan fingerprint density at radius 2 is 1.78 bits per heavy atom. The highest BCUT2D eigenvalue weighted by Gasteiger charge is 2.14. The Hall–Kier alpha value is -1.44. The van der Waals surface area contributed by atoms with Gasteiger partial charge in [0.05, 0.1) is 6.26 Å². The highest BCUT2D eigenvalue weighted by molar-refractivity contribution is 7.86. The first-order chi connectivity index (χ1) is 8.20. The molecular formula is C11H16N2O4S. The van der Waals surface area contributed by atoms with Gasteiger partial charge in [0, 0.05) is 19.7 Å². The van der Waals surface area contributed by atoms with Crippen molar-refractivity contribution in [1.82, 2.24) is 4.90 Å². The smallest absolute Gasteiger partial charge is 0.266 e. The van der Waals surface area contributed by atoms with E-state index < -0.39 is 16.3 Å². The van der Waals surface area contributed by atoms with Gasteiger partial charge in [-0.1, -0.05) is 12.1 Å². The van der Waals surface area contributed by atoms with Crippen molar-refractivity contribution in [2.24, 2.45) is 5.73 Å². The number of hydrogen-bond acceptors (Lipinski definition) is 5. The molecule has 0 heterocycles. The van der Waals surface area contributed by atoms with Gasteiger partial charge in [-0.25, -0.2) is 4.18 Å². The topological polar surface area (TPSA) is 89.7 Å². The third-order valence-corrected chi connectivity index (χ3v) is 2.73. The maximum atomic E-state index is 11.6. The molecule has 1 aromatic rings. The molecule has 18 heavy (non-hydrogen) atoms. The van der Waals surface area contributed by atoms with Crippen molar-refractivity contribution in [3.63, 3.8) is 0 Å². The molecule has 1 rings (SSSR count). The predicted octanol–water partition coefficient (Wildman–Crippen LogP) is 0.322. The van der Waals surface area contributed by atoms with Crippen LogP contribution in [0.15, 0.2) is 24.3 Å². The van der Waals surface area contributed by atoms with Crippen LogP contribution in [0.3, 0.4) is 0 Å². The molecule has 6 nitrogen and oxygen atoms in total. The lowest BCUT2D eigenvalue weighted by atomic mass is 10.1. The summed E-state index contributed by atoms with van der Waals surface area (Å²) in [5.74, 6) is -0.140. The Kier molecular flexibility index (Phi) is 4.44. The minimum atomic E-state index is -3.61. The summed E-state index contributed by atoms with van der Waals surface area (Å²) >= 11 is 0. The van der Waals surface area contributed by atoms with E-state index in [2.05, 4.69) is 4.18 Å². The lowest BCUT2D eigenvalue weighted by Crippen LogP contribution is -2.22. The molecule has 0 aromatic heterocycles. The Bertz CT molecular complexity index is 522. The zero-order valence-corrected chi connectivity index (χ0v) is 11.3. The minimum Gasteiger partial charge on any atom is -0.345 e. The average Bonchev–Trinajstić information content (AvgIpc) is 2.26. The largest absolute Gasteiger partial charge is 0.345 e. The van der Waals surface area contributed by atoms with E-state index in [9.17, 15) is 13.2 Å². The van der Waals surface area contributed by atoms with Crippen LogP contribution < -0.4 is 5.73 Å². The van der Waals surface area contributed by atoms with Gasteiger partial charge in [-0.05, 0) is 17.7 Å². The molecule has 0 saturated heterocycles. The number of rotatable bonds is 4. The first kappa shape index (κ1) is 14.6. The molecule has 0 bridgehead atoms. The fraction of sp³-hybridized carbons (Fsp3) is 0.364. The molecule has 1 atom stereocenters. The molecule has 0 fully saturated rings. The van der Waals surface area contributed by atoms with Gasteiger partial charge in [0.1, 0.15) is 0 Å². The zero-order valence-electron chi connectivity index (χ0n) is 10.5. The molecule has 100 valence electrons. The number of hydrogen-bond donors (Lipinski definition) is 1. The Labute approximate surface area is 106 Å². The minimum absolute atomic E-state index is 0.140. The van der Waals surface area contributed by atoms with Crippen LogP contribution in [0.1, 0.15) is 22.1 Å². The Balaban J connectivity index is 2.86. The average molecular weight is 272 g/mol. The highest BCUT2D eigenvalue weighted by atomic mass is 32.2. The lowest BCUT2D eigenvalue weighted by Gasteiger charge is -2.13. The van der Waals surface area contributed by atoms with Crippen molar-refractivity contribution >= 4 is 16.0 Å². The quantitative estimate of drug-likeness (QED) is 0.630. The van der Waals surface area contributed by atoms with Crippen molar-refractivity contribution in [2.45, 2.75) is 6.23 Å². The van der Waals surface area contributed by atoms with E-state index in [0.717, 1.165) is 6.26 Å². The molecule has 1 unspecified atom stereocenters. The maximum absolute atomic E-state index is 11.6. The van der Waals surface area contributed by atoms with Crippen LogP contribution in [0.2, 0.25) is 0 Å². The van der Waals surface area contributed by atoms with E-state index in [0.29, 0.717) is 11.1 Å². The monoisotopic (exact) mass is 272 g/mol. The maximum Gasteiger partial charge on any atom is 0.266 e. The summed E-state index contributed by atoms with van der Waals surface area (Å²) in [5, 5.41) is 0. The number of amides is 1. The van der Waals surface area contributed by atoms with Crippen LogP contribution in [0, 0.1) is 0 Å².